The summed E-state index contributed by atoms with van der Waals surface area (Å²) in [4.78, 5) is 10.7. The third-order valence-electron chi connectivity index (χ3n) is 3.14. The molecule has 0 radical (unpaired) electrons. The van der Waals surface area contributed by atoms with Gasteiger partial charge < -0.3 is 4.80 Å². The van der Waals surface area contributed by atoms with E-state index in [4.69, 9.17) is 0 Å². The molecule has 0 aliphatic heterocycles. The molecule has 1 nitrogen and oxygen atoms in total. The maximum atomic E-state index is 13.2. The van der Waals surface area contributed by atoms with Crippen molar-refractivity contribution in [3.8, 4) is 0 Å². The molecule has 0 bridgehead atoms. The maximum absolute atomic E-state index is 13.2. The maximum Gasteiger partial charge on any atom is 0.225 e. The summed E-state index contributed by atoms with van der Waals surface area (Å²) in [6, 6.07) is 3.74. The summed E-state index contributed by atoms with van der Waals surface area (Å²) in [6.07, 6.45) is 0. The summed E-state index contributed by atoms with van der Waals surface area (Å²) in [7, 11) is -2.74. The highest BCUT2D eigenvalue weighted by molar-refractivity contribution is 6.87. The Bertz CT molecular complexity index is 369. The third kappa shape index (κ3) is 2.18. The molecule has 1 aromatic rings. The van der Waals surface area contributed by atoms with Crippen molar-refractivity contribution in [1.82, 2.24) is 0 Å². The van der Waals surface area contributed by atoms with Gasteiger partial charge >= 0.3 is 0 Å². The van der Waals surface area contributed by atoms with E-state index in [-0.39, 0.29) is 11.1 Å². The Morgan fingerprint density at radius 1 is 1.00 bits per heavy atom. The number of benzene rings is 1. The number of hydrogen-bond donors (Lipinski definition) is 1. The van der Waals surface area contributed by atoms with Gasteiger partial charge in [-0.05, 0) is 28.4 Å². The third-order valence-corrected chi connectivity index (χ3v) is 7.90. The second kappa shape index (κ2) is 4.63. The van der Waals surface area contributed by atoms with Gasteiger partial charge in [0.15, 0.2) is 11.6 Å². The Morgan fingerprint density at radius 2 is 1.50 bits per heavy atom. The number of halogens is 2. The van der Waals surface area contributed by atoms with Crippen LogP contribution < -0.4 is 5.19 Å². The van der Waals surface area contributed by atoms with Gasteiger partial charge in [0.05, 0.1) is 0 Å². The van der Waals surface area contributed by atoms with Crippen LogP contribution in [0.2, 0.25) is 11.1 Å². The largest absolute Gasteiger partial charge is 0.427 e. The fraction of sp³-hybridized carbons (Fsp3) is 0.500. The molecule has 0 heterocycles. The van der Waals surface area contributed by atoms with Crippen LogP contribution >= 0.6 is 0 Å². The smallest absolute Gasteiger partial charge is 0.225 e. The van der Waals surface area contributed by atoms with E-state index in [1.54, 1.807) is 0 Å². The van der Waals surface area contributed by atoms with Crippen LogP contribution in [0.3, 0.4) is 0 Å². The molecule has 0 amide bonds. The predicted molar refractivity (Wildman–Crippen MR) is 64.2 cm³/mol. The van der Waals surface area contributed by atoms with Gasteiger partial charge in [-0.3, -0.25) is 0 Å². The van der Waals surface area contributed by atoms with Gasteiger partial charge in [0.1, 0.15) is 0 Å². The van der Waals surface area contributed by atoms with Crippen LogP contribution in [0, 0.1) is 11.6 Å². The second-order valence-corrected chi connectivity index (χ2v) is 9.30. The first-order valence-corrected chi connectivity index (χ1v) is 7.58. The molecule has 1 aromatic carbocycles. The Hall–Kier alpha value is -0.743. The van der Waals surface area contributed by atoms with Gasteiger partial charge in [-0.1, -0.05) is 33.8 Å². The Morgan fingerprint density at radius 3 is 1.88 bits per heavy atom. The molecule has 90 valence electrons. The van der Waals surface area contributed by atoms with Crippen molar-refractivity contribution in [2.24, 2.45) is 0 Å². The normalized spacial score (nSPS) is 12.6. The number of rotatable bonds is 3. The lowest BCUT2D eigenvalue weighted by molar-refractivity contribution is 0.501. The molecule has 0 unspecified atom stereocenters. The quantitative estimate of drug-likeness (QED) is 0.811. The molecule has 4 heteroatoms. The van der Waals surface area contributed by atoms with E-state index in [0.717, 1.165) is 12.1 Å². The molecule has 1 N–H and O–H groups in total. The van der Waals surface area contributed by atoms with Crippen molar-refractivity contribution in [2.75, 3.05) is 0 Å². The first-order valence-electron chi connectivity index (χ1n) is 5.48. The van der Waals surface area contributed by atoms with Gasteiger partial charge in [0, 0.05) is 0 Å². The lowest BCUT2D eigenvalue weighted by Crippen LogP contribution is -2.53. The van der Waals surface area contributed by atoms with Crippen molar-refractivity contribution < 1.29 is 13.6 Å². The molecule has 0 fully saturated rings. The van der Waals surface area contributed by atoms with E-state index in [0.29, 0.717) is 5.19 Å². The lowest BCUT2D eigenvalue weighted by Gasteiger charge is -2.33. The monoisotopic (exact) mass is 244 g/mol. The highest BCUT2D eigenvalue weighted by Crippen LogP contribution is 2.29. The summed E-state index contributed by atoms with van der Waals surface area (Å²) in [5.74, 6) is -1.75. The molecule has 0 spiro atoms. The van der Waals surface area contributed by atoms with Crippen molar-refractivity contribution in [2.45, 2.75) is 38.8 Å². The van der Waals surface area contributed by atoms with Crippen LogP contribution in [-0.2, 0) is 0 Å². The molecule has 0 saturated carbocycles. The molecular formula is C12H18F2OSi. The van der Waals surface area contributed by atoms with E-state index >= 15 is 0 Å². The molecule has 16 heavy (non-hydrogen) atoms. The lowest BCUT2D eigenvalue weighted by atomic mass is 10.3. The molecule has 0 saturated heterocycles. The van der Waals surface area contributed by atoms with Gasteiger partial charge in [-0.15, -0.1) is 0 Å². The Balaban J connectivity index is 3.27. The van der Waals surface area contributed by atoms with Crippen LogP contribution in [0.15, 0.2) is 18.2 Å². The van der Waals surface area contributed by atoms with Gasteiger partial charge in [0.25, 0.3) is 0 Å². The topological polar surface area (TPSA) is 20.2 Å². The zero-order chi connectivity index (χ0) is 12.5. The van der Waals surface area contributed by atoms with Crippen molar-refractivity contribution in [3.05, 3.63) is 29.8 Å². The summed E-state index contributed by atoms with van der Waals surface area (Å²) in [6.45, 7) is 7.70. The van der Waals surface area contributed by atoms with Gasteiger partial charge in [-0.2, -0.15) is 0 Å². The summed E-state index contributed by atoms with van der Waals surface area (Å²) < 4.78 is 26.0. The minimum absolute atomic E-state index is 0.0670. The van der Waals surface area contributed by atoms with E-state index in [9.17, 15) is 13.6 Å². The predicted octanol–water partition coefficient (Wildman–Crippen LogP) is 2.93. The summed E-state index contributed by atoms with van der Waals surface area (Å²) >= 11 is 0. The zero-order valence-corrected chi connectivity index (χ0v) is 11.1. The Kier molecular flexibility index (Phi) is 3.86. The van der Waals surface area contributed by atoms with Crippen molar-refractivity contribution in [1.29, 1.82) is 0 Å². The molecule has 0 aliphatic carbocycles. The highest BCUT2D eigenvalue weighted by Gasteiger charge is 2.40. The fourth-order valence-corrected chi connectivity index (χ4v) is 5.45. The van der Waals surface area contributed by atoms with Gasteiger partial charge in [-0.25, -0.2) is 8.78 Å². The van der Waals surface area contributed by atoms with Crippen molar-refractivity contribution >= 4 is 13.5 Å². The summed E-state index contributed by atoms with van der Waals surface area (Å²) in [5.41, 5.74) is 0.134. The Labute approximate surface area is 96.3 Å². The van der Waals surface area contributed by atoms with Crippen molar-refractivity contribution in [3.63, 3.8) is 0 Å². The molecular weight excluding hydrogens is 226 g/mol. The van der Waals surface area contributed by atoms with E-state index in [1.165, 1.54) is 6.07 Å². The SMILES string of the molecule is CC(C)[Si](O)(c1ccc(F)c(F)c1)C(C)C. The molecule has 0 atom stereocenters. The van der Waals surface area contributed by atoms with E-state index in [2.05, 4.69) is 0 Å². The first-order chi connectivity index (χ1) is 7.30. The van der Waals surface area contributed by atoms with Crippen LogP contribution in [0.25, 0.3) is 0 Å². The molecule has 1 rings (SSSR count). The molecule has 0 aromatic heterocycles. The minimum Gasteiger partial charge on any atom is -0.427 e. The van der Waals surface area contributed by atoms with Gasteiger partial charge in [0.2, 0.25) is 8.32 Å². The average Bonchev–Trinajstić information content (AvgIpc) is 2.20. The van der Waals surface area contributed by atoms with E-state index in [1.807, 2.05) is 27.7 Å². The van der Waals surface area contributed by atoms with E-state index < -0.39 is 20.0 Å². The highest BCUT2D eigenvalue weighted by atomic mass is 28.4. The van der Waals surface area contributed by atoms with Crippen LogP contribution in [0.4, 0.5) is 8.78 Å². The van der Waals surface area contributed by atoms with Crippen LogP contribution in [0.5, 0.6) is 0 Å². The van der Waals surface area contributed by atoms with Crippen LogP contribution in [-0.4, -0.2) is 13.1 Å². The summed E-state index contributed by atoms with van der Waals surface area (Å²) in [5, 5.41) is 0.566. The zero-order valence-electron chi connectivity index (χ0n) is 10.1. The first kappa shape index (κ1) is 13.3. The second-order valence-electron chi connectivity index (χ2n) is 4.76. The fourth-order valence-electron chi connectivity index (χ4n) is 2.08. The van der Waals surface area contributed by atoms with Crippen LogP contribution in [0.1, 0.15) is 27.7 Å². The molecule has 0 aliphatic rings. The standard InChI is InChI=1S/C12H18F2OSi/c1-8(2)16(15,9(3)4)10-5-6-11(13)12(14)7-10/h5-9,15H,1-4H3. The minimum atomic E-state index is -2.74. The number of hydrogen-bond acceptors (Lipinski definition) is 1. The average molecular weight is 244 g/mol.